The molecule has 10 heteroatoms. The molecule has 0 saturated heterocycles. The summed E-state index contributed by atoms with van der Waals surface area (Å²) in [4.78, 5) is 27.3. The van der Waals surface area contributed by atoms with Gasteiger partial charge in [-0.05, 0) is 106 Å². The molecule has 0 atom stereocenters. The van der Waals surface area contributed by atoms with E-state index < -0.39 is 10.9 Å². The Hall–Kier alpha value is -2.51. The van der Waals surface area contributed by atoms with E-state index in [9.17, 15) is 14.9 Å². The summed E-state index contributed by atoms with van der Waals surface area (Å²) in [6.45, 7) is 2.00. The van der Waals surface area contributed by atoms with Gasteiger partial charge in [0.2, 0.25) is 5.90 Å². The lowest BCUT2D eigenvalue weighted by atomic mass is 10.1. The number of cyclic esters (lactones) is 1. The topological polar surface area (TPSA) is 91.0 Å². The summed E-state index contributed by atoms with van der Waals surface area (Å²) < 4.78 is 13.1. The zero-order valence-corrected chi connectivity index (χ0v) is 22.6. The molecule has 1 heterocycles. The summed E-state index contributed by atoms with van der Waals surface area (Å²) in [5.41, 5.74) is 2.81. The molecule has 1 aliphatic heterocycles. The molecule has 0 aliphatic carbocycles. The molecular formula is C24H15ClI2N2O5. The number of carbonyl (C=O) groups is 1. The van der Waals surface area contributed by atoms with Gasteiger partial charge in [0.15, 0.2) is 5.70 Å². The number of carbonyl (C=O) groups excluding carboxylic acids is 1. The van der Waals surface area contributed by atoms with Crippen LogP contribution in [0.25, 0.3) is 6.08 Å². The van der Waals surface area contributed by atoms with Gasteiger partial charge in [0.1, 0.15) is 12.4 Å². The van der Waals surface area contributed by atoms with Crippen molar-refractivity contribution in [2.24, 2.45) is 4.99 Å². The second-order valence-corrected chi connectivity index (χ2v) is 10.1. The predicted octanol–water partition coefficient (Wildman–Crippen LogP) is 6.69. The molecule has 7 nitrogen and oxygen atoms in total. The Kier molecular flexibility index (Phi) is 7.53. The highest BCUT2D eigenvalue weighted by molar-refractivity contribution is 14.1. The summed E-state index contributed by atoms with van der Waals surface area (Å²) in [6.07, 6.45) is 1.64. The van der Waals surface area contributed by atoms with Crippen LogP contribution in [-0.2, 0) is 16.1 Å². The number of halogens is 3. The number of ether oxygens (including phenoxy) is 2. The molecule has 0 saturated carbocycles. The maximum absolute atomic E-state index is 12.4. The molecule has 0 fully saturated rings. The summed E-state index contributed by atoms with van der Waals surface area (Å²) in [5, 5.41) is 11.7. The number of nitrogens with zero attached hydrogens (tertiary/aromatic N) is 2. The molecule has 0 spiro atoms. The SMILES string of the molecule is Cc1cc(C2=N/C(=C\c3cc(I)c(OCc4cccc(Cl)c4)c(I)c3)C(=O)O2)ccc1[N+](=O)[O-]. The highest BCUT2D eigenvalue weighted by Gasteiger charge is 2.25. The monoisotopic (exact) mass is 700 g/mol. The number of esters is 1. The smallest absolute Gasteiger partial charge is 0.363 e. The summed E-state index contributed by atoms with van der Waals surface area (Å²) in [6, 6.07) is 15.7. The van der Waals surface area contributed by atoms with Gasteiger partial charge in [-0.2, -0.15) is 0 Å². The number of nitro benzene ring substituents is 1. The van der Waals surface area contributed by atoms with Gasteiger partial charge in [-0.3, -0.25) is 10.1 Å². The third-order valence-corrected chi connectivity index (χ3v) is 6.69. The molecular weight excluding hydrogens is 686 g/mol. The number of rotatable bonds is 6. The van der Waals surface area contributed by atoms with Crippen molar-refractivity contribution in [3.8, 4) is 5.75 Å². The predicted molar refractivity (Wildman–Crippen MR) is 146 cm³/mol. The van der Waals surface area contributed by atoms with E-state index in [1.807, 2.05) is 36.4 Å². The molecule has 172 valence electrons. The van der Waals surface area contributed by atoms with E-state index in [4.69, 9.17) is 21.1 Å². The van der Waals surface area contributed by atoms with Crippen molar-refractivity contribution in [1.29, 1.82) is 0 Å². The second kappa shape index (κ2) is 10.4. The number of nitro groups is 1. The first-order chi connectivity index (χ1) is 16.2. The Morgan fingerprint density at radius 3 is 2.53 bits per heavy atom. The lowest BCUT2D eigenvalue weighted by molar-refractivity contribution is -0.385. The highest BCUT2D eigenvalue weighted by Crippen LogP contribution is 2.31. The average molecular weight is 701 g/mol. The third-order valence-electron chi connectivity index (χ3n) is 4.86. The van der Waals surface area contributed by atoms with E-state index in [-0.39, 0.29) is 17.3 Å². The van der Waals surface area contributed by atoms with Gasteiger partial charge in [-0.25, -0.2) is 9.79 Å². The molecule has 3 aromatic carbocycles. The van der Waals surface area contributed by atoms with Crippen molar-refractivity contribution in [2.45, 2.75) is 13.5 Å². The Morgan fingerprint density at radius 1 is 1.15 bits per heavy atom. The van der Waals surface area contributed by atoms with E-state index in [0.29, 0.717) is 22.8 Å². The zero-order valence-electron chi connectivity index (χ0n) is 17.6. The Labute approximate surface area is 227 Å². The van der Waals surface area contributed by atoms with E-state index in [0.717, 1.165) is 24.0 Å². The normalized spacial score (nSPS) is 14.2. The van der Waals surface area contributed by atoms with Crippen LogP contribution in [0.4, 0.5) is 5.69 Å². The molecule has 34 heavy (non-hydrogen) atoms. The fourth-order valence-corrected chi connectivity index (χ4v) is 5.61. The van der Waals surface area contributed by atoms with Crippen LogP contribution in [-0.4, -0.2) is 16.8 Å². The lowest BCUT2D eigenvalue weighted by Gasteiger charge is -2.12. The first kappa shape index (κ1) is 24.6. The van der Waals surface area contributed by atoms with E-state index in [2.05, 4.69) is 50.2 Å². The summed E-state index contributed by atoms with van der Waals surface area (Å²) in [5.74, 6) is 0.264. The molecule has 0 bridgehead atoms. The van der Waals surface area contributed by atoms with Gasteiger partial charge in [0.05, 0.1) is 12.1 Å². The Bertz CT molecular complexity index is 1360. The van der Waals surface area contributed by atoms with Crippen molar-refractivity contribution >= 4 is 80.4 Å². The van der Waals surface area contributed by atoms with Gasteiger partial charge >= 0.3 is 5.97 Å². The van der Waals surface area contributed by atoms with Crippen LogP contribution < -0.4 is 4.74 Å². The van der Waals surface area contributed by atoms with Crippen LogP contribution >= 0.6 is 56.8 Å². The summed E-state index contributed by atoms with van der Waals surface area (Å²) >= 11 is 10.4. The minimum Gasteiger partial charge on any atom is -0.487 e. The standard InChI is InChI=1S/C24H15ClI2N2O5/c1-13-7-16(5-6-21(13)29(31)32)23-28-20(24(30)34-23)11-15-9-18(26)22(19(27)10-15)33-12-14-3-2-4-17(25)8-14/h2-11H,12H2,1H3/b20-11-. The van der Waals surface area contributed by atoms with Crippen molar-refractivity contribution in [1.82, 2.24) is 0 Å². The largest absolute Gasteiger partial charge is 0.487 e. The molecule has 0 radical (unpaired) electrons. The number of benzene rings is 3. The first-order valence-electron chi connectivity index (χ1n) is 9.85. The molecule has 0 unspecified atom stereocenters. The maximum atomic E-state index is 12.4. The van der Waals surface area contributed by atoms with Crippen LogP contribution in [0.2, 0.25) is 5.02 Å². The van der Waals surface area contributed by atoms with Crippen LogP contribution in [0.1, 0.15) is 22.3 Å². The second-order valence-electron chi connectivity index (χ2n) is 7.33. The molecule has 0 aromatic heterocycles. The van der Waals surface area contributed by atoms with Crippen LogP contribution in [0.5, 0.6) is 5.75 Å². The van der Waals surface area contributed by atoms with Crippen molar-refractivity contribution in [3.63, 3.8) is 0 Å². The molecule has 0 N–H and O–H groups in total. The minimum atomic E-state index is -0.586. The van der Waals surface area contributed by atoms with E-state index in [1.54, 1.807) is 19.1 Å². The van der Waals surface area contributed by atoms with Gasteiger partial charge in [0.25, 0.3) is 5.69 Å². The third kappa shape index (κ3) is 5.58. The number of hydrogen-bond acceptors (Lipinski definition) is 6. The lowest BCUT2D eigenvalue weighted by Crippen LogP contribution is -2.06. The molecule has 3 aromatic rings. The summed E-state index contributed by atoms with van der Waals surface area (Å²) in [7, 11) is 0. The quantitative estimate of drug-likeness (QED) is 0.0941. The van der Waals surface area contributed by atoms with Crippen molar-refractivity contribution in [2.75, 3.05) is 0 Å². The van der Waals surface area contributed by atoms with Gasteiger partial charge in [-0.1, -0.05) is 23.7 Å². The van der Waals surface area contributed by atoms with Crippen molar-refractivity contribution in [3.05, 3.63) is 105 Å². The zero-order chi connectivity index (χ0) is 24.4. The van der Waals surface area contributed by atoms with Crippen LogP contribution in [0.15, 0.2) is 65.3 Å². The van der Waals surface area contributed by atoms with Gasteiger partial charge < -0.3 is 9.47 Å². The van der Waals surface area contributed by atoms with Crippen molar-refractivity contribution < 1.29 is 19.2 Å². The fourth-order valence-electron chi connectivity index (χ4n) is 3.27. The van der Waals surface area contributed by atoms with Gasteiger partial charge in [-0.15, -0.1) is 0 Å². The maximum Gasteiger partial charge on any atom is 0.363 e. The number of aryl methyl sites for hydroxylation is 1. The van der Waals surface area contributed by atoms with Crippen LogP contribution in [0, 0.1) is 24.2 Å². The van der Waals surface area contributed by atoms with E-state index >= 15 is 0 Å². The Morgan fingerprint density at radius 2 is 1.88 bits per heavy atom. The van der Waals surface area contributed by atoms with E-state index in [1.165, 1.54) is 12.1 Å². The molecule has 4 rings (SSSR count). The Balaban J connectivity index is 1.56. The first-order valence-corrected chi connectivity index (χ1v) is 12.4. The van der Waals surface area contributed by atoms with Crippen LogP contribution in [0.3, 0.4) is 0 Å². The van der Waals surface area contributed by atoms with Gasteiger partial charge in [0, 0.05) is 22.2 Å². The molecule has 0 amide bonds. The number of aliphatic imine (C=N–C) groups is 1. The number of hydrogen-bond donors (Lipinski definition) is 0. The fraction of sp³-hybridized carbons (Fsp3) is 0.0833. The minimum absolute atomic E-state index is 0.00809. The highest BCUT2D eigenvalue weighted by atomic mass is 127. The molecule has 1 aliphatic rings. The average Bonchev–Trinajstić information content (AvgIpc) is 3.13.